The van der Waals surface area contributed by atoms with Crippen molar-refractivity contribution in [1.29, 1.82) is 0 Å². The first-order chi connectivity index (χ1) is 11.2. The van der Waals surface area contributed by atoms with Crippen LogP contribution < -0.4 is 16.0 Å². The van der Waals surface area contributed by atoms with E-state index in [1.165, 1.54) is 18.0 Å². The summed E-state index contributed by atoms with van der Waals surface area (Å²) in [5.41, 5.74) is 7.08. The van der Waals surface area contributed by atoms with E-state index >= 15 is 0 Å². The van der Waals surface area contributed by atoms with Crippen LogP contribution in [-0.4, -0.2) is 34.3 Å². The van der Waals surface area contributed by atoms with Gasteiger partial charge in [0, 0.05) is 24.8 Å². The molecule has 23 heavy (non-hydrogen) atoms. The number of benzene rings is 1. The highest BCUT2D eigenvalue weighted by Crippen LogP contribution is 2.43. The van der Waals surface area contributed by atoms with Crippen molar-refractivity contribution in [2.24, 2.45) is 11.7 Å². The molecule has 3 N–H and O–H groups in total. The average Bonchev–Trinajstić information content (AvgIpc) is 2.96. The van der Waals surface area contributed by atoms with Crippen LogP contribution in [0.2, 0.25) is 0 Å². The first-order valence-corrected chi connectivity index (χ1v) is 8.65. The Labute approximate surface area is 138 Å². The van der Waals surface area contributed by atoms with Crippen LogP contribution in [0.4, 0.5) is 10.3 Å². The lowest BCUT2D eigenvalue weighted by Gasteiger charge is -2.42. The summed E-state index contributed by atoms with van der Waals surface area (Å²) in [6.45, 7) is 1.55. The van der Waals surface area contributed by atoms with Crippen LogP contribution >= 0.6 is 11.8 Å². The molecule has 3 atom stereocenters. The number of aromatic nitrogens is 2. The lowest BCUT2D eigenvalue weighted by Crippen LogP contribution is -2.59. The Hall–Kier alpha value is -1.70. The number of thioether (sulfide) groups is 1. The third kappa shape index (κ3) is 2.58. The molecule has 2 fully saturated rings. The number of halogens is 1. The van der Waals surface area contributed by atoms with Crippen LogP contribution in [0.1, 0.15) is 5.56 Å². The Balaban J connectivity index is 1.70. The molecule has 5 nitrogen and oxygen atoms in total. The number of hydrogen-bond donors (Lipinski definition) is 2. The Morgan fingerprint density at radius 2 is 2.00 bits per heavy atom. The second-order valence-electron chi connectivity index (χ2n) is 6.01. The van der Waals surface area contributed by atoms with Crippen molar-refractivity contribution in [1.82, 2.24) is 15.3 Å². The quantitative estimate of drug-likeness (QED) is 0.870. The van der Waals surface area contributed by atoms with Crippen molar-refractivity contribution in [2.45, 2.75) is 11.0 Å². The van der Waals surface area contributed by atoms with Crippen LogP contribution in [0.5, 0.6) is 0 Å². The predicted octanol–water partition coefficient (Wildman–Crippen LogP) is 1.53. The van der Waals surface area contributed by atoms with Gasteiger partial charge in [0.05, 0.1) is 17.9 Å². The third-order valence-electron chi connectivity index (χ3n) is 4.63. The topological polar surface area (TPSA) is 67.1 Å². The van der Waals surface area contributed by atoms with Gasteiger partial charge in [-0.15, -0.1) is 11.8 Å². The highest BCUT2D eigenvalue weighted by Gasteiger charge is 2.51. The number of nitrogens with two attached hydrogens (primary N) is 1. The van der Waals surface area contributed by atoms with Gasteiger partial charge in [0.25, 0.3) is 0 Å². The maximum atomic E-state index is 13.1. The van der Waals surface area contributed by atoms with E-state index in [4.69, 9.17) is 5.73 Å². The molecule has 7 heteroatoms. The monoisotopic (exact) mass is 331 g/mol. The van der Waals surface area contributed by atoms with Gasteiger partial charge in [-0.3, -0.25) is 5.32 Å². The molecule has 0 amide bonds. The maximum absolute atomic E-state index is 13.1. The van der Waals surface area contributed by atoms with Crippen LogP contribution in [0.3, 0.4) is 0 Å². The molecule has 2 saturated heterocycles. The molecule has 2 aromatic rings. The summed E-state index contributed by atoms with van der Waals surface area (Å²) in [5.74, 6) is 1.51. The summed E-state index contributed by atoms with van der Waals surface area (Å²) in [7, 11) is 0. The largest absolute Gasteiger partial charge is 0.338 e. The molecular weight excluding hydrogens is 313 g/mol. The number of fused-ring (bicyclic) bond motifs is 1. The smallest absolute Gasteiger partial charge is 0.225 e. The van der Waals surface area contributed by atoms with Crippen molar-refractivity contribution >= 4 is 17.7 Å². The Bertz CT molecular complexity index is 683. The molecule has 0 radical (unpaired) electrons. The van der Waals surface area contributed by atoms with Gasteiger partial charge in [0.15, 0.2) is 5.82 Å². The number of hydrogen-bond acceptors (Lipinski definition) is 6. The van der Waals surface area contributed by atoms with E-state index in [1.54, 1.807) is 11.8 Å². The summed E-state index contributed by atoms with van der Waals surface area (Å²) >= 11 is 1.73. The van der Waals surface area contributed by atoms with Crippen molar-refractivity contribution < 1.29 is 4.39 Å². The SMILES string of the molecule is NC1N[C@@]2(c3ccccc3)CN(c3ncc(F)cn3)C[C@H]2CS1. The lowest BCUT2D eigenvalue weighted by atomic mass is 9.81. The first kappa shape index (κ1) is 14.9. The summed E-state index contributed by atoms with van der Waals surface area (Å²) in [6.07, 6.45) is 2.43. The predicted molar refractivity (Wildman–Crippen MR) is 89.4 cm³/mol. The van der Waals surface area contributed by atoms with E-state index in [2.05, 4.69) is 32.3 Å². The van der Waals surface area contributed by atoms with Crippen LogP contribution in [0.25, 0.3) is 0 Å². The van der Waals surface area contributed by atoms with E-state index in [-0.39, 0.29) is 11.0 Å². The van der Waals surface area contributed by atoms with Gasteiger partial charge in [0.1, 0.15) is 5.50 Å². The molecule has 2 aliphatic heterocycles. The zero-order chi connectivity index (χ0) is 15.9. The van der Waals surface area contributed by atoms with Gasteiger partial charge in [-0.1, -0.05) is 30.3 Å². The fraction of sp³-hybridized carbons (Fsp3) is 0.375. The maximum Gasteiger partial charge on any atom is 0.225 e. The van der Waals surface area contributed by atoms with E-state index < -0.39 is 5.82 Å². The van der Waals surface area contributed by atoms with E-state index in [1.807, 2.05) is 18.2 Å². The third-order valence-corrected chi connectivity index (χ3v) is 5.70. The molecule has 1 aromatic carbocycles. The lowest BCUT2D eigenvalue weighted by molar-refractivity contribution is 0.274. The standard InChI is InChI=1S/C16H18FN5S/c17-13-6-19-15(20-7-13)22-8-12-9-23-14(18)21-16(12,10-22)11-4-2-1-3-5-11/h1-7,12,14,21H,8-10,18H2/t12-,14?,16+/m0/s1. The second-order valence-corrected chi connectivity index (χ2v) is 7.19. The van der Waals surface area contributed by atoms with Crippen LogP contribution in [-0.2, 0) is 5.54 Å². The van der Waals surface area contributed by atoms with Gasteiger partial charge < -0.3 is 10.6 Å². The van der Waals surface area contributed by atoms with E-state index in [9.17, 15) is 4.39 Å². The number of nitrogens with zero attached hydrogens (tertiary/aromatic N) is 3. The molecule has 4 rings (SSSR count). The summed E-state index contributed by atoms with van der Waals surface area (Å²) in [4.78, 5) is 10.4. The Morgan fingerprint density at radius 3 is 2.74 bits per heavy atom. The van der Waals surface area contributed by atoms with Crippen molar-refractivity contribution in [3.05, 3.63) is 54.1 Å². The zero-order valence-electron chi connectivity index (χ0n) is 12.5. The highest BCUT2D eigenvalue weighted by atomic mass is 32.2. The van der Waals surface area contributed by atoms with E-state index in [0.29, 0.717) is 11.9 Å². The normalized spacial score (nSPS) is 30.3. The van der Waals surface area contributed by atoms with Crippen LogP contribution in [0, 0.1) is 11.7 Å². The van der Waals surface area contributed by atoms with Gasteiger partial charge in [-0.25, -0.2) is 14.4 Å². The molecule has 0 saturated carbocycles. The zero-order valence-corrected chi connectivity index (χ0v) is 13.3. The molecule has 0 bridgehead atoms. The van der Waals surface area contributed by atoms with Crippen molar-refractivity contribution in [2.75, 3.05) is 23.7 Å². The average molecular weight is 331 g/mol. The molecule has 120 valence electrons. The summed E-state index contributed by atoms with van der Waals surface area (Å²) in [5, 5.41) is 3.59. The van der Waals surface area contributed by atoms with Gasteiger partial charge in [0.2, 0.25) is 5.95 Å². The van der Waals surface area contributed by atoms with Gasteiger partial charge >= 0.3 is 0 Å². The summed E-state index contributed by atoms with van der Waals surface area (Å²) in [6, 6.07) is 10.4. The molecule has 1 unspecified atom stereocenters. The molecule has 1 aromatic heterocycles. The molecule has 3 heterocycles. The fourth-order valence-corrected chi connectivity index (χ4v) is 4.68. The Morgan fingerprint density at radius 1 is 1.26 bits per heavy atom. The molecule has 0 aliphatic carbocycles. The number of nitrogens with one attached hydrogen (secondary N) is 1. The Kier molecular flexibility index (Phi) is 3.71. The molecule has 0 spiro atoms. The second kappa shape index (κ2) is 5.74. The van der Waals surface area contributed by atoms with Crippen LogP contribution in [0.15, 0.2) is 42.7 Å². The fourth-order valence-electron chi connectivity index (χ4n) is 3.56. The van der Waals surface area contributed by atoms with E-state index in [0.717, 1.165) is 18.8 Å². The minimum atomic E-state index is -0.418. The van der Waals surface area contributed by atoms with Crippen molar-refractivity contribution in [3.63, 3.8) is 0 Å². The highest BCUT2D eigenvalue weighted by molar-refractivity contribution is 7.99. The molecular formula is C16H18FN5S. The van der Waals surface area contributed by atoms with Gasteiger partial charge in [-0.2, -0.15) is 0 Å². The summed E-state index contributed by atoms with van der Waals surface area (Å²) < 4.78 is 13.1. The number of rotatable bonds is 2. The number of anilines is 1. The first-order valence-electron chi connectivity index (χ1n) is 7.60. The van der Waals surface area contributed by atoms with Gasteiger partial charge in [-0.05, 0) is 5.56 Å². The van der Waals surface area contributed by atoms with Crippen molar-refractivity contribution in [3.8, 4) is 0 Å². The minimum Gasteiger partial charge on any atom is -0.338 e. The minimum absolute atomic E-state index is 0.0967. The molecule has 2 aliphatic rings.